The van der Waals surface area contributed by atoms with E-state index in [9.17, 15) is 4.79 Å². The first kappa shape index (κ1) is 12.1. The van der Waals surface area contributed by atoms with E-state index < -0.39 is 0 Å². The number of unbranched alkanes of at least 4 members (excludes halogenated alkanes) is 2. The molecule has 0 radical (unpaired) electrons. The van der Waals surface area contributed by atoms with E-state index in [1.165, 1.54) is 0 Å². The van der Waals surface area contributed by atoms with Crippen LogP contribution in [0.2, 0.25) is 0 Å². The fourth-order valence-corrected chi connectivity index (χ4v) is 2.00. The monoisotopic (exact) mass is 209 g/mol. The highest BCUT2D eigenvalue weighted by molar-refractivity contribution is 5.76. The summed E-state index contributed by atoms with van der Waals surface area (Å²) in [6, 6.07) is 0.0603. The van der Waals surface area contributed by atoms with Crippen LogP contribution in [-0.2, 0) is 4.79 Å². The smallest absolute Gasteiger partial charge is 0.222 e. The highest BCUT2D eigenvalue weighted by Gasteiger charge is 2.27. The van der Waals surface area contributed by atoms with Gasteiger partial charge in [-0.25, -0.2) is 0 Å². The zero-order valence-electron chi connectivity index (χ0n) is 9.11. The molecule has 1 atom stereocenters. The van der Waals surface area contributed by atoms with E-state index >= 15 is 0 Å². The Labute approximate surface area is 91.5 Å². The van der Waals surface area contributed by atoms with Gasteiger partial charge >= 0.3 is 0 Å². The van der Waals surface area contributed by atoms with Gasteiger partial charge in [-0.05, 0) is 25.7 Å². The molecule has 0 aromatic rings. The maximum absolute atomic E-state index is 11.7. The van der Waals surface area contributed by atoms with Gasteiger partial charge in [-0.3, -0.25) is 4.79 Å². The van der Waals surface area contributed by atoms with Crippen LogP contribution >= 0.6 is 0 Å². The second-order valence-corrected chi connectivity index (χ2v) is 3.98. The van der Waals surface area contributed by atoms with Crippen molar-refractivity contribution in [1.82, 2.24) is 4.90 Å². The Hall–Kier alpha value is -1.01. The lowest BCUT2D eigenvalue weighted by Crippen LogP contribution is -2.37. The summed E-state index contributed by atoms with van der Waals surface area (Å²) in [5, 5.41) is 9.07. The SMILES string of the molecule is C#CCCCCC(=O)N1CCCC1CO. The van der Waals surface area contributed by atoms with E-state index in [4.69, 9.17) is 11.5 Å². The number of aliphatic hydroxyl groups is 1. The number of amides is 1. The molecule has 0 bridgehead atoms. The lowest BCUT2D eigenvalue weighted by Gasteiger charge is -2.22. The lowest BCUT2D eigenvalue weighted by atomic mass is 10.1. The molecule has 0 aromatic carbocycles. The number of nitrogens with zero attached hydrogens (tertiary/aromatic N) is 1. The van der Waals surface area contributed by atoms with Crippen LogP contribution in [0.3, 0.4) is 0 Å². The molecule has 0 aromatic heterocycles. The van der Waals surface area contributed by atoms with Crippen molar-refractivity contribution >= 4 is 5.91 Å². The van der Waals surface area contributed by atoms with Crippen molar-refractivity contribution in [2.75, 3.05) is 13.2 Å². The lowest BCUT2D eigenvalue weighted by molar-refractivity contribution is -0.132. The summed E-state index contributed by atoms with van der Waals surface area (Å²) in [4.78, 5) is 13.6. The first-order valence-electron chi connectivity index (χ1n) is 5.63. The molecule has 1 fully saturated rings. The van der Waals surface area contributed by atoms with E-state index in [2.05, 4.69) is 5.92 Å². The van der Waals surface area contributed by atoms with E-state index in [0.29, 0.717) is 6.42 Å². The molecule has 1 saturated heterocycles. The number of aliphatic hydroxyl groups excluding tert-OH is 1. The quantitative estimate of drug-likeness (QED) is 0.545. The van der Waals surface area contributed by atoms with Gasteiger partial charge in [0.15, 0.2) is 0 Å². The number of carbonyl (C=O) groups is 1. The highest BCUT2D eigenvalue weighted by atomic mass is 16.3. The molecule has 0 aliphatic carbocycles. The normalized spacial score (nSPS) is 20.3. The molecular formula is C12H19NO2. The summed E-state index contributed by atoms with van der Waals surface area (Å²) in [6.07, 6.45) is 10.2. The molecule has 0 saturated carbocycles. The number of rotatable bonds is 5. The second-order valence-electron chi connectivity index (χ2n) is 3.98. The second kappa shape index (κ2) is 6.47. The fraction of sp³-hybridized carbons (Fsp3) is 0.750. The van der Waals surface area contributed by atoms with Crippen LogP contribution in [0.5, 0.6) is 0 Å². The van der Waals surface area contributed by atoms with Crippen LogP contribution in [0.25, 0.3) is 0 Å². The number of hydrogen-bond acceptors (Lipinski definition) is 2. The first-order chi connectivity index (χ1) is 7.29. The predicted octanol–water partition coefficient (Wildman–Crippen LogP) is 1.16. The van der Waals surface area contributed by atoms with Gasteiger partial charge in [0.25, 0.3) is 0 Å². The Morgan fingerprint density at radius 1 is 1.53 bits per heavy atom. The molecule has 1 N–H and O–H groups in total. The zero-order valence-corrected chi connectivity index (χ0v) is 9.11. The largest absolute Gasteiger partial charge is 0.394 e. The summed E-state index contributed by atoms with van der Waals surface area (Å²) in [6.45, 7) is 0.898. The van der Waals surface area contributed by atoms with Crippen LogP contribution < -0.4 is 0 Å². The Kier molecular flexibility index (Phi) is 5.20. The molecule has 1 unspecified atom stereocenters. The van der Waals surface area contributed by atoms with Crippen molar-refractivity contribution < 1.29 is 9.90 Å². The molecule has 3 heteroatoms. The number of carbonyl (C=O) groups excluding carboxylic acids is 1. The summed E-state index contributed by atoms with van der Waals surface area (Å²) in [5.41, 5.74) is 0. The molecule has 0 spiro atoms. The molecule has 84 valence electrons. The van der Waals surface area contributed by atoms with Gasteiger partial charge in [-0.2, -0.15) is 0 Å². The molecule has 3 nitrogen and oxygen atoms in total. The van der Waals surface area contributed by atoms with Crippen LogP contribution in [0.1, 0.15) is 38.5 Å². The van der Waals surface area contributed by atoms with Crippen LogP contribution in [-0.4, -0.2) is 35.1 Å². The van der Waals surface area contributed by atoms with Crippen LogP contribution in [0.4, 0.5) is 0 Å². The summed E-state index contributed by atoms with van der Waals surface area (Å²) in [7, 11) is 0. The third-order valence-corrected chi connectivity index (χ3v) is 2.87. The van der Waals surface area contributed by atoms with E-state index in [1.807, 2.05) is 4.90 Å². The Morgan fingerprint density at radius 3 is 3.00 bits per heavy atom. The van der Waals surface area contributed by atoms with E-state index in [1.54, 1.807) is 0 Å². The molecule has 1 aliphatic rings. The third kappa shape index (κ3) is 3.56. The standard InChI is InChI=1S/C12H19NO2/c1-2-3-4-5-8-12(15)13-9-6-7-11(13)10-14/h1,11,14H,3-10H2. The Morgan fingerprint density at radius 2 is 2.33 bits per heavy atom. The Bertz CT molecular complexity index is 244. The summed E-state index contributed by atoms with van der Waals surface area (Å²) >= 11 is 0. The van der Waals surface area contributed by atoms with Crippen LogP contribution in [0, 0.1) is 12.3 Å². The molecule has 1 rings (SSSR count). The van der Waals surface area contributed by atoms with Gasteiger partial charge in [-0.1, -0.05) is 0 Å². The zero-order chi connectivity index (χ0) is 11.1. The van der Waals surface area contributed by atoms with Gasteiger partial charge in [0.05, 0.1) is 12.6 Å². The van der Waals surface area contributed by atoms with Crippen molar-refractivity contribution in [3.63, 3.8) is 0 Å². The fourth-order valence-electron chi connectivity index (χ4n) is 2.00. The van der Waals surface area contributed by atoms with Crippen molar-refractivity contribution in [2.45, 2.75) is 44.6 Å². The molecule has 1 amide bonds. The average Bonchev–Trinajstić information content (AvgIpc) is 2.72. The van der Waals surface area contributed by atoms with Crippen LogP contribution in [0.15, 0.2) is 0 Å². The van der Waals surface area contributed by atoms with Gasteiger partial charge in [0, 0.05) is 19.4 Å². The summed E-state index contributed by atoms with van der Waals surface area (Å²) < 4.78 is 0. The highest BCUT2D eigenvalue weighted by Crippen LogP contribution is 2.18. The van der Waals surface area contributed by atoms with Gasteiger partial charge < -0.3 is 10.0 Å². The van der Waals surface area contributed by atoms with Gasteiger partial charge in [0.1, 0.15) is 0 Å². The minimum Gasteiger partial charge on any atom is -0.394 e. The van der Waals surface area contributed by atoms with E-state index in [-0.39, 0.29) is 18.6 Å². The van der Waals surface area contributed by atoms with Crippen molar-refractivity contribution in [3.05, 3.63) is 0 Å². The maximum atomic E-state index is 11.7. The van der Waals surface area contributed by atoms with Gasteiger partial charge in [0.2, 0.25) is 5.91 Å². The minimum absolute atomic E-state index is 0.0603. The van der Waals surface area contributed by atoms with Crippen molar-refractivity contribution in [3.8, 4) is 12.3 Å². The third-order valence-electron chi connectivity index (χ3n) is 2.87. The molecule has 1 heterocycles. The molecule has 15 heavy (non-hydrogen) atoms. The first-order valence-corrected chi connectivity index (χ1v) is 5.63. The summed E-state index contributed by atoms with van der Waals surface area (Å²) in [5.74, 6) is 2.74. The molecule has 1 aliphatic heterocycles. The van der Waals surface area contributed by atoms with Gasteiger partial charge in [-0.15, -0.1) is 12.3 Å². The minimum atomic E-state index is 0.0603. The average molecular weight is 209 g/mol. The Balaban J connectivity index is 2.24. The topological polar surface area (TPSA) is 40.5 Å². The number of likely N-dealkylation sites (tertiary alicyclic amines) is 1. The van der Waals surface area contributed by atoms with E-state index in [0.717, 1.165) is 38.6 Å². The predicted molar refractivity (Wildman–Crippen MR) is 59.1 cm³/mol. The molecular weight excluding hydrogens is 190 g/mol. The number of hydrogen-bond donors (Lipinski definition) is 1. The van der Waals surface area contributed by atoms with Crippen molar-refractivity contribution in [1.29, 1.82) is 0 Å². The maximum Gasteiger partial charge on any atom is 0.222 e. The van der Waals surface area contributed by atoms with Crippen molar-refractivity contribution in [2.24, 2.45) is 0 Å². The number of terminal acetylenes is 1.